The SMILES string of the molecule is COc1cc2oc3c(OC)cc(O)cc3c(=O)c2c(O)c1OC. The Bertz CT molecular complexity index is 972. The van der Waals surface area contributed by atoms with Gasteiger partial charge in [0.1, 0.15) is 16.7 Å². The van der Waals surface area contributed by atoms with Crippen LogP contribution in [-0.2, 0) is 0 Å². The van der Waals surface area contributed by atoms with Crippen LogP contribution in [0.1, 0.15) is 0 Å². The second-order valence-electron chi connectivity index (χ2n) is 4.79. The van der Waals surface area contributed by atoms with Crippen molar-refractivity contribution in [2.45, 2.75) is 0 Å². The zero-order valence-electron chi connectivity index (χ0n) is 12.7. The van der Waals surface area contributed by atoms with E-state index in [-0.39, 0.29) is 50.7 Å². The first-order chi connectivity index (χ1) is 11.0. The molecule has 0 aliphatic heterocycles. The third kappa shape index (κ3) is 2.09. The van der Waals surface area contributed by atoms with Crippen molar-refractivity contribution in [2.75, 3.05) is 21.3 Å². The Kier molecular flexibility index (Phi) is 3.40. The topological polar surface area (TPSA) is 98.4 Å². The van der Waals surface area contributed by atoms with E-state index in [4.69, 9.17) is 18.6 Å². The van der Waals surface area contributed by atoms with Crippen LogP contribution in [0.2, 0.25) is 0 Å². The fraction of sp³-hybridized carbons (Fsp3) is 0.188. The summed E-state index contributed by atoms with van der Waals surface area (Å²) in [7, 11) is 4.15. The summed E-state index contributed by atoms with van der Waals surface area (Å²) in [4.78, 5) is 12.7. The molecule has 2 aromatic carbocycles. The number of phenolic OH excluding ortho intramolecular Hbond substituents is 2. The van der Waals surface area contributed by atoms with Crippen LogP contribution in [0.4, 0.5) is 0 Å². The number of hydrogen-bond donors (Lipinski definition) is 2. The molecule has 1 heterocycles. The maximum absolute atomic E-state index is 12.7. The largest absolute Gasteiger partial charge is 0.508 e. The van der Waals surface area contributed by atoms with Gasteiger partial charge in [-0.05, 0) is 6.07 Å². The van der Waals surface area contributed by atoms with Crippen LogP contribution in [-0.4, -0.2) is 31.5 Å². The van der Waals surface area contributed by atoms with Crippen LogP contribution < -0.4 is 19.6 Å². The second kappa shape index (κ2) is 5.28. The molecule has 3 aromatic rings. The summed E-state index contributed by atoms with van der Waals surface area (Å²) in [5.41, 5.74) is -0.245. The van der Waals surface area contributed by atoms with E-state index in [9.17, 15) is 15.0 Å². The summed E-state index contributed by atoms with van der Waals surface area (Å²) >= 11 is 0. The fourth-order valence-electron chi connectivity index (χ4n) is 2.51. The van der Waals surface area contributed by atoms with Gasteiger partial charge in [0, 0.05) is 12.1 Å². The van der Waals surface area contributed by atoms with Crippen molar-refractivity contribution in [1.29, 1.82) is 0 Å². The first kappa shape index (κ1) is 14.8. The zero-order chi connectivity index (χ0) is 16.7. The van der Waals surface area contributed by atoms with E-state index < -0.39 is 5.43 Å². The first-order valence-electron chi connectivity index (χ1n) is 6.63. The molecule has 0 fully saturated rings. The zero-order valence-corrected chi connectivity index (χ0v) is 12.7. The number of hydrogen-bond acceptors (Lipinski definition) is 7. The highest BCUT2D eigenvalue weighted by molar-refractivity contribution is 5.98. The van der Waals surface area contributed by atoms with Crippen molar-refractivity contribution in [1.82, 2.24) is 0 Å². The summed E-state index contributed by atoms with van der Waals surface area (Å²) in [6, 6.07) is 4.03. The van der Waals surface area contributed by atoms with Gasteiger partial charge in [-0.25, -0.2) is 0 Å². The molecule has 1 aromatic heterocycles. The van der Waals surface area contributed by atoms with Crippen LogP contribution >= 0.6 is 0 Å². The quantitative estimate of drug-likeness (QED) is 0.715. The van der Waals surface area contributed by atoms with E-state index in [2.05, 4.69) is 0 Å². The Morgan fingerprint density at radius 2 is 1.65 bits per heavy atom. The summed E-state index contributed by atoms with van der Waals surface area (Å²) in [6.07, 6.45) is 0. The molecule has 0 unspecified atom stereocenters. The Morgan fingerprint density at radius 3 is 2.26 bits per heavy atom. The van der Waals surface area contributed by atoms with Crippen molar-refractivity contribution >= 4 is 21.9 Å². The number of rotatable bonds is 3. The first-order valence-corrected chi connectivity index (χ1v) is 6.63. The molecule has 7 heteroatoms. The average molecular weight is 318 g/mol. The van der Waals surface area contributed by atoms with E-state index >= 15 is 0 Å². The van der Waals surface area contributed by atoms with Gasteiger partial charge in [0.15, 0.2) is 22.8 Å². The van der Waals surface area contributed by atoms with Gasteiger partial charge in [-0.2, -0.15) is 0 Å². The fourth-order valence-corrected chi connectivity index (χ4v) is 2.51. The molecule has 0 amide bonds. The smallest absolute Gasteiger partial charge is 0.204 e. The lowest BCUT2D eigenvalue weighted by atomic mass is 10.1. The maximum atomic E-state index is 12.7. The molecule has 120 valence electrons. The van der Waals surface area contributed by atoms with Crippen LogP contribution in [0, 0.1) is 0 Å². The number of ether oxygens (including phenoxy) is 3. The Hall–Kier alpha value is -3.09. The molecule has 0 radical (unpaired) electrons. The van der Waals surface area contributed by atoms with Gasteiger partial charge >= 0.3 is 0 Å². The monoisotopic (exact) mass is 318 g/mol. The molecule has 0 aliphatic carbocycles. The summed E-state index contributed by atoms with van der Waals surface area (Å²) in [6.45, 7) is 0. The molecule has 0 saturated heterocycles. The van der Waals surface area contributed by atoms with Crippen molar-refractivity contribution in [3.63, 3.8) is 0 Å². The van der Waals surface area contributed by atoms with E-state index in [1.807, 2.05) is 0 Å². The van der Waals surface area contributed by atoms with Gasteiger partial charge < -0.3 is 28.8 Å². The predicted octanol–water partition coefficient (Wildman–Crippen LogP) is 2.38. The maximum Gasteiger partial charge on any atom is 0.204 e. The molecule has 0 saturated carbocycles. The van der Waals surface area contributed by atoms with E-state index in [1.165, 1.54) is 39.5 Å². The van der Waals surface area contributed by atoms with Gasteiger partial charge in [-0.1, -0.05) is 0 Å². The summed E-state index contributed by atoms with van der Waals surface area (Å²) < 4.78 is 21.0. The molecule has 3 rings (SSSR count). The highest BCUT2D eigenvalue weighted by Gasteiger charge is 2.21. The molecule has 0 bridgehead atoms. The lowest BCUT2D eigenvalue weighted by Crippen LogP contribution is -2.04. The third-order valence-electron chi connectivity index (χ3n) is 3.55. The Balaban J connectivity index is 2.56. The minimum Gasteiger partial charge on any atom is -0.508 e. The van der Waals surface area contributed by atoms with Gasteiger partial charge in [-0.3, -0.25) is 4.79 Å². The predicted molar refractivity (Wildman–Crippen MR) is 83.0 cm³/mol. The number of aromatic hydroxyl groups is 2. The van der Waals surface area contributed by atoms with Crippen LogP contribution in [0.3, 0.4) is 0 Å². The molecule has 0 aliphatic rings. The van der Waals surface area contributed by atoms with Gasteiger partial charge in [0.25, 0.3) is 0 Å². The van der Waals surface area contributed by atoms with Crippen molar-refractivity contribution < 1.29 is 28.8 Å². The van der Waals surface area contributed by atoms with Gasteiger partial charge in [0.05, 0.1) is 26.7 Å². The normalized spacial score (nSPS) is 10.9. The summed E-state index contributed by atoms with van der Waals surface area (Å²) in [5.74, 6) is -0.0921. The van der Waals surface area contributed by atoms with Crippen LogP contribution in [0.5, 0.6) is 28.7 Å². The lowest BCUT2D eigenvalue weighted by molar-refractivity contribution is 0.334. The van der Waals surface area contributed by atoms with Gasteiger partial charge in [-0.15, -0.1) is 0 Å². The third-order valence-corrected chi connectivity index (χ3v) is 3.55. The van der Waals surface area contributed by atoms with Gasteiger partial charge in [0.2, 0.25) is 11.2 Å². The molecule has 0 atom stereocenters. The van der Waals surface area contributed by atoms with Crippen LogP contribution in [0.15, 0.2) is 27.4 Å². The second-order valence-corrected chi connectivity index (χ2v) is 4.79. The van der Waals surface area contributed by atoms with Crippen molar-refractivity contribution in [2.24, 2.45) is 0 Å². The Morgan fingerprint density at radius 1 is 0.957 bits per heavy atom. The number of fused-ring (bicyclic) bond motifs is 2. The Labute approximate surface area is 130 Å². The number of phenols is 2. The molecular formula is C16H14O7. The van der Waals surface area contributed by atoms with E-state index in [1.54, 1.807) is 0 Å². The highest BCUT2D eigenvalue weighted by Crippen LogP contribution is 2.43. The molecule has 0 spiro atoms. The standard InChI is InChI=1S/C16H14O7/c1-20-10-5-7(17)4-8-13(18)12-9(23-15(8)10)6-11(21-2)16(22-3)14(12)19/h4-6,17,19H,1-3H3. The molecule has 23 heavy (non-hydrogen) atoms. The minimum absolute atomic E-state index is 0.0266. The minimum atomic E-state index is -0.520. The lowest BCUT2D eigenvalue weighted by Gasteiger charge is -2.12. The summed E-state index contributed by atoms with van der Waals surface area (Å²) in [5, 5.41) is 20.1. The van der Waals surface area contributed by atoms with E-state index in [0.717, 1.165) is 0 Å². The van der Waals surface area contributed by atoms with Crippen molar-refractivity contribution in [3.8, 4) is 28.7 Å². The highest BCUT2D eigenvalue weighted by atomic mass is 16.5. The van der Waals surface area contributed by atoms with Crippen LogP contribution in [0.25, 0.3) is 21.9 Å². The van der Waals surface area contributed by atoms with Crippen molar-refractivity contribution in [3.05, 3.63) is 28.4 Å². The average Bonchev–Trinajstić information content (AvgIpc) is 2.54. The molecule has 7 nitrogen and oxygen atoms in total. The number of benzene rings is 2. The van der Waals surface area contributed by atoms with E-state index in [0.29, 0.717) is 0 Å². The molecular weight excluding hydrogens is 304 g/mol. The number of methoxy groups -OCH3 is 3. The molecule has 2 N–H and O–H groups in total.